The van der Waals surface area contributed by atoms with Crippen LogP contribution in [0.5, 0.6) is 0 Å². The third-order valence-electron chi connectivity index (χ3n) is 4.16. The highest BCUT2D eigenvalue weighted by Gasteiger charge is 2.32. The first kappa shape index (κ1) is 13.5. The molecule has 1 saturated carbocycles. The minimum atomic E-state index is -0.124. The number of benzene rings is 1. The van der Waals surface area contributed by atoms with Crippen LogP contribution in [-0.2, 0) is 0 Å². The van der Waals surface area contributed by atoms with Crippen molar-refractivity contribution in [3.63, 3.8) is 0 Å². The van der Waals surface area contributed by atoms with Crippen LogP contribution >= 0.6 is 0 Å². The number of hydrogen-bond donors (Lipinski definition) is 1. The summed E-state index contributed by atoms with van der Waals surface area (Å²) in [4.78, 5) is 2.28. The molecule has 0 amide bonds. The number of halogens is 1. The molecular weight excluding hydrogens is 227 g/mol. The molecule has 0 aromatic heterocycles. The van der Waals surface area contributed by atoms with Crippen molar-refractivity contribution in [2.24, 2.45) is 0 Å². The van der Waals surface area contributed by atoms with Gasteiger partial charge in [0.05, 0.1) is 0 Å². The predicted octanol–water partition coefficient (Wildman–Crippen LogP) is 2.61. The van der Waals surface area contributed by atoms with E-state index in [2.05, 4.69) is 30.4 Å². The summed E-state index contributed by atoms with van der Waals surface area (Å²) in [5.41, 5.74) is 1.14. The predicted molar refractivity (Wildman–Crippen MR) is 73.3 cm³/mol. The fourth-order valence-corrected chi connectivity index (χ4v) is 3.11. The van der Waals surface area contributed by atoms with E-state index in [0.29, 0.717) is 18.0 Å². The summed E-state index contributed by atoms with van der Waals surface area (Å²) < 4.78 is 13.4. The summed E-state index contributed by atoms with van der Waals surface area (Å²) in [5.74, 6) is 0.320. The van der Waals surface area contributed by atoms with E-state index < -0.39 is 0 Å². The van der Waals surface area contributed by atoms with Crippen LogP contribution in [0.4, 0.5) is 4.39 Å². The molecule has 1 aromatic carbocycles. The molecular formula is C15H23FN2. The third kappa shape index (κ3) is 2.90. The SMILES string of the molecule is CN[C@H]1CC[C@H](c2cccc(F)c2)C(N(C)C)C1. The van der Waals surface area contributed by atoms with E-state index in [-0.39, 0.29) is 5.82 Å². The van der Waals surface area contributed by atoms with Gasteiger partial charge >= 0.3 is 0 Å². The zero-order valence-corrected chi connectivity index (χ0v) is 11.5. The van der Waals surface area contributed by atoms with Crippen LogP contribution in [0.2, 0.25) is 0 Å². The molecule has 1 aromatic rings. The molecule has 100 valence electrons. The van der Waals surface area contributed by atoms with Crippen LogP contribution in [0.3, 0.4) is 0 Å². The number of likely N-dealkylation sites (N-methyl/N-ethyl adjacent to an activating group) is 1. The van der Waals surface area contributed by atoms with Gasteiger partial charge in [-0.05, 0) is 64.0 Å². The Hall–Kier alpha value is -0.930. The summed E-state index contributed by atoms with van der Waals surface area (Å²) >= 11 is 0. The maximum absolute atomic E-state index is 13.4. The summed E-state index contributed by atoms with van der Waals surface area (Å²) in [6, 6.07) is 8.17. The Morgan fingerprint density at radius 2 is 2.06 bits per heavy atom. The van der Waals surface area contributed by atoms with E-state index in [1.54, 1.807) is 6.07 Å². The van der Waals surface area contributed by atoms with Crippen molar-refractivity contribution in [2.45, 2.75) is 37.3 Å². The van der Waals surface area contributed by atoms with Gasteiger partial charge in [0.1, 0.15) is 5.82 Å². The third-order valence-corrected chi connectivity index (χ3v) is 4.16. The van der Waals surface area contributed by atoms with Crippen LogP contribution in [0, 0.1) is 5.82 Å². The quantitative estimate of drug-likeness (QED) is 0.887. The van der Waals surface area contributed by atoms with Gasteiger partial charge in [0.15, 0.2) is 0 Å². The minimum absolute atomic E-state index is 0.124. The van der Waals surface area contributed by atoms with Crippen molar-refractivity contribution in [1.82, 2.24) is 10.2 Å². The maximum atomic E-state index is 13.4. The fourth-order valence-electron chi connectivity index (χ4n) is 3.11. The summed E-state index contributed by atoms with van der Waals surface area (Å²) in [7, 11) is 6.27. The zero-order chi connectivity index (χ0) is 13.1. The second kappa shape index (κ2) is 5.81. The van der Waals surface area contributed by atoms with E-state index in [4.69, 9.17) is 0 Å². The van der Waals surface area contributed by atoms with Gasteiger partial charge in [0.25, 0.3) is 0 Å². The molecule has 0 heterocycles. The average Bonchev–Trinajstić information content (AvgIpc) is 2.38. The van der Waals surface area contributed by atoms with Gasteiger partial charge in [0, 0.05) is 12.1 Å². The number of nitrogens with zero attached hydrogens (tertiary/aromatic N) is 1. The number of nitrogens with one attached hydrogen (secondary N) is 1. The van der Waals surface area contributed by atoms with Crippen LogP contribution in [0.15, 0.2) is 24.3 Å². The molecule has 3 heteroatoms. The molecule has 3 atom stereocenters. The molecule has 1 aliphatic rings. The van der Waals surface area contributed by atoms with E-state index in [1.807, 2.05) is 13.1 Å². The lowest BCUT2D eigenvalue weighted by molar-refractivity contribution is 0.175. The van der Waals surface area contributed by atoms with Crippen molar-refractivity contribution < 1.29 is 4.39 Å². The molecule has 0 aliphatic heterocycles. The maximum Gasteiger partial charge on any atom is 0.123 e. The highest BCUT2D eigenvalue weighted by molar-refractivity contribution is 5.23. The first-order chi connectivity index (χ1) is 8.61. The van der Waals surface area contributed by atoms with Gasteiger partial charge < -0.3 is 10.2 Å². The van der Waals surface area contributed by atoms with Gasteiger partial charge in [-0.15, -0.1) is 0 Å². The Morgan fingerprint density at radius 1 is 1.28 bits per heavy atom. The fraction of sp³-hybridized carbons (Fsp3) is 0.600. The lowest BCUT2D eigenvalue weighted by atomic mass is 9.77. The van der Waals surface area contributed by atoms with Crippen molar-refractivity contribution in [3.05, 3.63) is 35.6 Å². The Balaban J connectivity index is 2.20. The van der Waals surface area contributed by atoms with Crippen molar-refractivity contribution in [1.29, 1.82) is 0 Å². The molecule has 0 saturated heterocycles. The second-order valence-corrected chi connectivity index (χ2v) is 5.49. The molecule has 0 radical (unpaired) electrons. The largest absolute Gasteiger partial charge is 0.317 e. The average molecular weight is 250 g/mol. The Labute approximate surface area is 109 Å². The van der Waals surface area contributed by atoms with Gasteiger partial charge in [-0.2, -0.15) is 0 Å². The molecule has 1 aliphatic carbocycles. The molecule has 2 rings (SSSR count). The van der Waals surface area contributed by atoms with E-state index in [0.717, 1.165) is 18.4 Å². The van der Waals surface area contributed by atoms with E-state index in [9.17, 15) is 4.39 Å². The van der Waals surface area contributed by atoms with Crippen molar-refractivity contribution in [2.75, 3.05) is 21.1 Å². The summed E-state index contributed by atoms with van der Waals surface area (Å²) in [5, 5.41) is 3.37. The number of hydrogen-bond acceptors (Lipinski definition) is 2. The molecule has 0 spiro atoms. The molecule has 1 unspecified atom stereocenters. The first-order valence-corrected chi connectivity index (χ1v) is 6.71. The normalized spacial score (nSPS) is 28.6. The van der Waals surface area contributed by atoms with Crippen LogP contribution in [-0.4, -0.2) is 38.1 Å². The van der Waals surface area contributed by atoms with Gasteiger partial charge in [-0.1, -0.05) is 12.1 Å². The monoisotopic (exact) mass is 250 g/mol. The van der Waals surface area contributed by atoms with Gasteiger partial charge in [-0.25, -0.2) is 4.39 Å². The number of rotatable bonds is 3. The summed E-state index contributed by atoms with van der Waals surface area (Å²) in [6.07, 6.45) is 3.42. The highest BCUT2D eigenvalue weighted by Crippen LogP contribution is 2.35. The Bertz CT molecular complexity index is 392. The van der Waals surface area contributed by atoms with E-state index in [1.165, 1.54) is 12.5 Å². The zero-order valence-electron chi connectivity index (χ0n) is 11.5. The summed E-state index contributed by atoms with van der Waals surface area (Å²) in [6.45, 7) is 0. The van der Waals surface area contributed by atoms with Crippen molar-refractivity contribution in [3.8, 4) is 0 Å². The minimum Gasteiger partial charge on any atom is -0.317 e. The second-order valence-electron chi connectivity index (χ2n) is 5.49. The first-order valence-electron chi connectivity index (χ1n) is 6.71. The Kier molecular flexibility index (Phi) is 4.36. The molecule has 2 nitrogen and oxygen atoms in total. The highest BCUT2D eigenvalue weighted by atomic mass is 19.1. The lowest BCUT2D eigenvalue weighted by Crippen LogP contribution is -2.44. The molecule has 0 bridgehead atoms. The van der Waals surface area contributed by atoms with Crippen molar-refractivity contribution >= 4 is 0 Å². The Morgan fingerprint density at radius 3 is 2.67 bits per heavy atom. The van der Waals surface area contributed by atoms with Crippen LogP contribution < -0.4 is 5.32 Å². The van der Waals surface area contributed by atoms with E-state index >= 15 is 0 Å². The van der Waals surface area contributed by atoms with Gasteiger partial charge in [0.2, 0.25) is 0 Å². The molecule has 1 N–H and O–H groups in total. The molecule has 1 fully saturated rings. The van der Waals surface area contributed by atoms with Crippen LogP contribution in [0.1, 0.15) is 30.7 Å². The van der Waals surface area contributed by atoms with Gasteiger partial charge in [-0.3, -0.25) is 0 Å². The lowest BCUT2D eigenvalue weighted by Gasteiger charge is -2.40. The standard InChI is InChI=1S/C15H23FN2/c1-17-13-7-8-14(15(10-13)18(2)3)11-5-4-6-12(16)9-11/h4-6,9,13-15,17H,7-8,10H2,1-3H3/t13-,14+,15?/m0/s1. The molecule has 18 heavy (non-hydrogen) atoms. The smallest absolute Gasteiger partial charge is 0.123 e. The van der Waals surface area contributed by atoms with Crippen LogP contribution in [0.25, 0.3) is 0 Å². The topological polar surface area (TPSA) is 15.3 Å².